The van der Waals surface area contributed by atoms with Gasteiger partial charge in [0, 0.05) is 42.6 Å². The van der Waals surface area contributed by atoms with Crippen molar-refractivity contribution in [2.24, 2.45) is 5.92 Å². The van der Waals surface area contributed by atoms with Crippen molar-refractivity contribution in [2.75, 3.05) is 13.1 Å². The molecule has 166 valence electrons. The second-order valence-corrected chi connectivity index (χ2v) is 8.44. The van der Waals surface area contributed by atoms with Gasteiger partial charge in [-0.05, 0) is 73.6 Å². The molecule has 33 heavy (non-hydrogen) atoms. The lowest BCUT2D eigenvalue weighted by atomic mass is 9.91. The summed E-state index contributed by atoms with van der Waals surface area (Å²) in [7, 11) is 0. The van der Waals surface area contributed by atoms with Crippen molar-refractivity contribution in [3.8, 4) is 11.8 Å². The number of pyridine rings is 1. The third kappa shape index (κ3) is 5.00. The molecule has 2 aromatic heterocycles. The zero-order valence-electron chi connectivity index (χ0n) is 18.4. The first kappa shape index (κ1) is 21.1. The van der Waals surface area contributed by atoms with Crippen LogP contribution in [0.25, 0.3) is 10.9 Å². The standard InChI is InChI=1S/C27H26N4O2/c32-26(22-8-1-9-23(19-22)33-27-29-14-5-15-30-27)31-16-4-6-20(12-17-31)18-21-7-2-11-25-24(21)10-3-13-28-25/h1-3,5,7-11,13-15,19-20H,4,6,12,16-18H2/t20-/m0/s1. The number of hydrogen-bond acceptors (Lipinski definition) is 5. The van der Waals surface area contributed by atoms with Crippen LogP contribution in [0.2, 0.25) is 0 Å². The van der Waals surface area contributed by atoms with Crippen LogP contribution >= 0.6 is 0 Å². The fourth-order valence-electron chi connectivity index (χ4n) is 4.55. The maximum atomic E-state index is 13.2. The van der Waals surface area contributed by atoms with Gasteiger partial charge in [-0.25, -0.2) is 9.97 Å². The smallest absolute Gasteiger partial charge is 0.321 e. The van der Waals surface area contributed by atoms with E-state index in [9.17, 15) is 4.79 Å². The Kier molecular flexibility index (Phi) is 6.24. The fourth-order valence-corrected chi connectivity index (χ4v) is 4.55. The first-order chi connectivity index (χ1) is 16.3. The number of hydrogen-bond donors (Lipinski definition) is 0. The van der Waals surface area contributed by atoms with Gasteiger partial charge in [-0.2, -0.15) is 0 Å². The van der Waals surface area contributed by atoms with Crippen LogP contribution in [0.15, 0.2) is 79.3 Å². The summed E-state index contributed by atoms with van der Waals surface area (Å²) in [5.41, 5.74) is 3.02. The predicted molar refractivity (Wildman–Crippen MR) is 127 cm³/mol. The van der Waals surface area contributed by atoms with Gasteiger partial charge in [-0.3, -0.25) is 9.78 Å². The first-order valence-corrected chi connectivity index (χ1v) is 11.4. The van der Waals surface area contributed by atoms with E-state index in [1.165, 1.54) is 10.9 Å². The second-order valence-electron chi connectivity index (χ2n) is 8.44. The molecule has 0 radical (unpaired) electrons. The maximum absolute atomic E-state index is 13.2. The minimum Gasteiger partial charge on any atom is -0.424 e. The van der Waals surface area contributed by atoms with Gasteiger partial charge in [-0.1, -0.05) is 24.3 Å². The van der Waals surface area contributed by atoms with Crippen molar-refractivity contribution in [1.82, 2.24) is 19.9 Å². The van der Waals surface area contributed by atoms with Crippen molar-refractivity contribution in [1.29, 1.82) is 0 Å². The van der Waals surface area contributed by atoms with E-state index < -0.39 is 0 Å². The number of rotatable bonds is 5. The molecule has 0 spiro atoms. The molecule has 1 fully saturated rings. The molecule has 1 atom stereocenters. The highest BCUT2D eigenvalue weighted by molar-refractivity contribution is 5.94. The minimum absolute atomic E-state index is 0.0458. The number of fused-ring (bicyclic) bond motifs is 1. The van der Waals surface area contributed by atoms with Crippen LogP contribution in [0, 0.1) is 5.92 Å². The predicted octanol–water partition coefficient (Wildman–Crippen LogP) is 5.30. The summed E-state index contributed by atoms with van der Waals surface area (Å²) in [4.78, 5) is 27.8. The lowest BCUT2D eigenvalue weighted by Gasteiger charge is -2.21. The van der Waals surface area contributed by atoms with Gasteiger partial charge in [0.2, 0.25) is 0 Å². The van der Waals surface area contributed by atoms with E-state index in [0.29, 0.717) is 17.2 Å². The molecule has 3 heterocycles. The Labute approximate surface area is 193 Å². The summed E-state index contributed by atoms with van der Waals surface area (Å²) in [6.45, 7) is 1.54. The van der Waals surface area contributed by atoms with Crippen molar-refractivity contribution in [2.45, 2.75) is 25.7 Å². The summed E-state index contributed by atoms with van der Waals surface area (Å²) in [6, 6.07) is 19.8. The molecule has 0 N–H and O–H groups in total. The molecule has 1 aliphatic heterocycles. The van der Waals surface area contributed by atoms with Gasteiger partial charge in [0.25, 0.3) is 5.91 Å². The number of nitrogens with zero attached hydrogens (tertiary/aromatic N) is 4. The fraction of sp³-hybridized carbons (Fsp3) is 0.259. The molecule has 0 aliphatic carbocycles. The van der Waals surface area contributed by atoms with Gasteiger partial charge in [0.1, 0.15) is 5.75 Å². The van der Waals surface area contributed by atoms with Crippen molar-refractivity contribution < 1.29 is 9.53 Å². The van der Waals surface area contributed by atoms with Gasteiger partial charge in [0.15, 0.2) is 0 Å². The van der Waals surface area contributed by atoms with Crippen molar-refractivity contribution >= 4 is 16.8 Å². The highest BCUT2D eigenvalue weighted by Crippen LogP contribution is 2.27. The number of carbonyl (C=O) groups excluding carboxylic acids is 1. The van der Waals surface area contributed by atoms with Crippen LogP contribution in [0.3, 0.4) is 0 Å². The highest BCUT2D eigenvalue weighted by Gasteiger charge is 2.22. The average molecular weight is 439 g/mol. The second kappa shape index (κ2) is 9.77. The normalized spacial score (nSPS) is 16.4. The number of likely N-dealkylation sites (tertiary alicyclic amines) is 1. The SMILES string of the molecule is O=C(c1cccc(Oc2ncccn2)c1)N1CCC[C@H](Cc2cccc3ncccc23)CC1. The zero-order valence-corrected chi connectivity index (χ0v) is 18.4. The molecule has 6 heteroatoms. The Bertz CT molecular complexity index is 1240. The van der Waals surface area contributed by atoms with E-state index in [0.717, 1.165) is 44.3 Å². The molecule has 6 nitrogen and oxygen atoms in total. The summed E-state index contributed by atoms with van der Waals surface area (Å²) in [5, 5.41) is 1.23. The van der Waals surface area contributed by atoms with Gasteiger partial charge >= 0.3 is 6.01 Å². The molecule has 1 saturated heterocycles. The Morgan fingerprint density at radius 3 is 2.67 bits per heavy atom. The number of aromatic nitrogens is 3. The molecule has 5 rings (SSSR count). The molecule has 1 aliphatic rings. The highest BCUT2D eigenvalue weighted by atomic mass is 16.5. The van der Waals surface area contributed by atoms with Crippen LogP contribution in [0.5, 0.6) is 11.8 Å². The van der Waals surface area contributed by atoms with Gasteiger partial charge < -0.3 is 9.64 Å². The van der Waals surface area contributed by atoms with E-state index >= 15 is 0 Å². The Balaban J connectivity index is 1.24. The van der Waals surface area contributed by atoms with Crippen LogP contribution in [0.1, 0.15) is 35.2 Å². The molecule has 4 aromatic rings. The van der Waals surface area contributed by atoms with Crippen LogP contribution < -0.4 is 4.74 Å². The maximum Gasteiger partial charge on any atom is 0.321 e. The number of carbonyl (C=O) groups is 1. The third-order valence-corrected chi connectivity index (χ3v) is 6.21. The van der Waals surface area contributed by atoms with Crippen LogP contribution in [-0.2, 0) is 6.42 Å². The molecule has 0 unspecified atom stereocenters. The molecular formula is C27H26N4O2. The number of ether oxygens (including phenoxy) is 1. The quantitative estimate of drug-likeness (QED) is 0.423. The Morgan fingerprint density at radius 1 is 0.909 bits per heavy atom. The van der Waals surface area contributed by atoms with E-state index in [4.69, 9.17) is 4.74 Å². The van der Waals surface area contributed by atoms with E-state index in [1.807, 2.05) is 35.4 Å². The van der Waals surface area contributed by atoms with Crippen LogP contribution in [-0.4, -0.2) is 38.8 Å². The Morgan fingerprint density at radius 2 is 1.76 bits per heavy atom. The summed E-state index contributed by atoms with van der Waals surface area (Å²) < 4.78 is 5.70. The van der Waals surface area contributed by atoms with Crippen molar-refractivity contribution in [3.05, 3.63) is 90.4 Å². The van der Waals surface area contributed by atoms with E-state index in [1.54, 1.807) is 24.5 Å². The van der Waals surface area contributed by atoms with Gasteiger partial charge in [-0.15, -0.1) is 0 Å². The zero-order chi connectivity index (χ0) is 22.5. The van der Waals surface area contributed by atoms with Crippen LogP contribution in [0.4, 0.5) is 0 Å². The minimum atomic E-state index is 0.0458. The lowest BCUT2D eigenvalue weighted by molar-refractivity contribution is 0.0759. The molecule has 1 amide bonds. The third-order valence-electron chi connectivity index (χ3n) is 6.21. The monoisotopic (exact) mass is 438 g/mol. The lowest BCUT2D eigenvalue weighted by Crippen LogP contribution is -2.32. The van der Waals surface area contributed by atoms with E-state index in [-0.39, 0.29) is 11.9 Å². The number of benzene rings is 2. The van der Waals surface area contributed by atoms with Crippen molar-refractivity contribution in [3.63, 3.8) is 0 Å². The number of amides is 1. The molecule has 0 saturated carbocycles. The summed E-state index contributed by atoms with van der Waals surface area (Å²) >= 11 is 0. The van der Waals surface area contributed by atoms with E-state index in [2.05, 4.69) is 39.2 Å². The molecule has 0 bridgehead atoms. The molecular weight excluding hydrogens is 412 g/mol. The summed E-state index contributed by atoms with van der Waals surface area (Å²) in [5.74, 6) is 1.16. The first-order valence-electron chi connectivity index (χ1n) is 11.4. The summed E-state index contributed by atoms with van der Waals surface area (Å²) in [6.07, 6.45) is 9.23. The molecule has 2 aromatic carbocycles. The Hall–Kier alpha value is -3.80. The van der Waals surface area contributed by atoms with Gasteiger partial charge in [0.05, 0.1) is 5.52 Å². The average Bonchev–Trinajstić information content (AvgIpc) is 3.10. The topological polar surface area (TPSA) is 68.2 Å². The largest absolute Gasteiger partial charge is 0.424 e.